The molecule has 58 valence electrons. The first-order chi connectivity index (χ1) is 4.41. The van der Waals surface area contributed by atoms with Gasteiger partial charge in [0.25, 0.3) is 0 Å². The second-order valence-electron chi connectivity index (χ2n) is 1.78. The van der Waals surface area contributed by atoms with E-state index in [-0.39, 0.29) is 10.5 Å². The lowest BCUT2D eigenvalue weighted by molar-refractivity contribution is 0.267. The molecular formula is C6H17O2P. The summed E-state index contributed by atoms with van der Waals surface area (Å²) in [5.41, 5.74) is 0. The van der Waals surface area contributed by atoms with Gasteiger partial charge in [-0.15, -0.1) is 0 Å². The third-order valence-electron chi connectivity index (χ3n) is 0.730. The Labute approximate surface area is 60.4 Å². The largest absolute Gasteiger partial charge is 0.336 e. The highest BCUT2D eigenvalue weighted by atomic mass is 31.1. The molecular weight excluding hydrogens is 135 g/mol. The van der Waals surface area contributed by atoms with Crippen LogP contribution in [-0.2, 0) is 9.05 Å². The van der Waals surface area contributed by atoms with Gasteiger partial charge in [-0.05, 0) is 12.8 Å². The summed E-state index contributed by atoms with van der Waals surface area (Å²) in [7, 11) is 0.246. The number of hydrogen-bond acceptors (Lipinski definition) is 2. The molecule has 0 saturated carbocycles. The fourth-order valence-electron chi connectivity index (χ4n) is 0.329. The first-order valence-electron chi connectivity index (χ1n) is 3.40. The molecule has 0 rings (SSSR count). The van der Waals surface area contributed by atoms with Crippen LogP contribution in [0.3, 0.4) is 0 Å². The lowest BCUT2D eigenvalue weighted by Gasteiger charge is -2.00. The van der Waals surface area contributed by atoms with Gasteiger partial charge in [0, 0.05) is 1.43 Å². The van der Waals surface area contributed by atoms with Crippen molar-refractivity contribution < 1.29 is 10.5 Å². The van der Waals surface area contributed by atoms with E-state index in [1.165, 1.54) is 0 Å². The van der Waals surface area contributed by atoms with Crippen LogP contribution in [0, 0.1) is 0 Å². The molecule has 9 heavy (non-hydrogen) atoms. The van der Waals surface area contributed by atoms with Crippen LogP contribution in [0.4, 0.5) is 0 Å². The topological polar surface area (TPSA) is 18.5 Å². The van der Waals surface area contributed by atoms with Crippen molar-refractivity contribution in [2.75, 3.05) is 13.2 Å². The van der Waals surface area contributed by atoms with E-state index in [0.29, 0.717) is 0 Å². The molecule has 0 heterocycles. The van der Waals surface area contributed by atoms with Crippen LogP contribution < -0.4 is 0 Å². The van der Waals surface area contributed by atoms with Crippen molar-refractivity contribution in [2.24, 2.45) is 0 Å². The zero-order chi connectivity index (χ0) is 6.95. The zero-order valence-electron chi connectivity index (χ0n) is 6.14. The summed E-state index contributed by atoms with van der Waals surface area (Å²) in [5, 5.41) is 0. The molecule has 0 atom stereocenters. The van der Waals surface area contributed by atoms with Gasteiger partial charge < -0.3 is 9.05 Å². The summed E-state index contributed by atoms with van der Waals surface area (Å²) in [6.07, 6.45) is 2.14. The van der Waals surface area contributed by atoms with Crippen molar-refractivity contribution >= 4 is 9.03 Å². The second-order valence-corrected chi connectivity index (χ2v) is 2.52. The van der Waals surface area contributed by atoms with E-state index in [2.05, 4.69) is 13.8 Å². The van der Waals surface area contributed by atoms with E-state index < -0.39 is 0 Å². The second kappa shape index (κ2) is 8.35. The molecule has 0 aromatic rings. The fraction of sp³-hybridized carbons (Fsp3) is 1.00. The van der Waals surface area contributed by atoms with Crippen molar-refractivity contribution in [3.63, 3.8) is 0 Å². The van der Waals surface area contributed by atoms with Crippen LogP contribution in [0.2, 0.25) is 0 Å². The van der Waals surface area contributed by atoms with Crippen molar-refractivity contribution in [3.05, 3.63) is 0 Å². The molecule has 0 N–H and O–H groups in total. The quantitative estimate of drug-likeness (QED) is 0.430. The van der Waals surface area contributed by atoms with Gasteiger partial charge in [0.2, 0.25) is 0 Å². The minimum Gasteiger partial charge on any atom is -0.336 e. The maximum Gasteiger partial charge on any atom is 0.155 e. The summed E-state index contributed by atoms with van der Waals surface area (Å²) in [6, 6.07) is 0. The van der Waals surface area contributed by atoms with Gasteiger partial charge in [-0.3, -0.25) is 0 Å². The summed E-state index contributed by atoms with van der Waals surface area (Å²) in [5.74, 6) is 0. The SMILES string of the molecule is CCCOPOCCC.[HH]. The van der Waals surface area contributed by atoms with Gasteiger partial charge in [0.05, 0.1) is 13.2 Å². The van der Waals surface area contributed by atoms with Gasteiger partial charge in [0.15, 0.2) is 9.03 Å². The Hall–Kier alpha value is 0.350. The average molecular weight is 152 g/mol. The van der Waals surface area contributed by atoms with E-state index >= 15 is 0 Å². The Balaban J connectivity index is 0. The zero-order valence-corrected chi connectivity index (χ0v) is 7.14. The summed E-state index contributed by atoms with van der Waals surface area (Å²) in [6.45, 7) is 5.82. The smallest absolute Gasteiger partial charge is 0.155 e. The standard InChI is InChI=1S/C6H15O2P.H2/c1-3-5-7-9-8-6-4-2;/h9H,3-6H2,1-2H3;1H. The highest BCUT2D eigenvalue weighted by molar-refractivity contribution is 7.26. The predicted octanol–water partition coefficient (Wildman–Crippen LogP) is 2.59. The van der Waals surface area contributed by atoms with Gasteiger partial charge in [-0.1, -0.05) is 13.8 Å². The van der Waals surface area contributed by atoms with Crippen LogP contribution in [0.1, 0.15) is 28.1 Å². The Bertz CT molecular complexity index is 49.0. The van der Waals surface area contributed by atoms with Crippen molar-refractivity contribution in [1.82, 2.24) is 0 Å². The molecule has 0 bridgehead atoms. The lowest BCUT2D eigenvalue weighted by Crippen LogP contribution is -1.84. The summed E-state index contributed by atoms with van der Waals surface area (Å²) in [4.78, 5) is 0. The van der Waals surface area contributed by atoms with Gasteiger partial charge in [-0.25, -0.2) is 0 Å². The Morgan fingerprint density at radius 2 is 1.56 bits per heavy atom. The molecule has 0 unspecified atom stereocenters. The van der Waals surface area contributed by atoms with Crippen LogP contribution >= 0.6 is 9.03 Å². The normalized spacial score (nSPS) is 10.0. The van der Waals surface area contributed by atoms with Crippen LogP contribution in [0.25, 0.3) is 0 Å². The molecule has 0 aliphatic heterocycles. The van der Waals surface area contributed by atoms with Gasteiger partial charge in [0.1, 0.15) is 0 Å². The maximum atomic E-state index is 5.09. The molecule has 0 aliphatic carbocycles. The molecule has 0 aromatic carbocycles. The highest BCUT2D eigenvalue weighted by Crippen LogP contribution is 2.13. The third-order valence-corrected chi connectivity index (χ3v) is 1.37. The van der Waals surface area contributed by atoms with E-state index in [0.717, 1.165) is 26.1 Å². The van der Waals surface area contributed by atoms with Crippen molar-refractivity contribution in [1.29, 1.82) is 0 Å². The average Bonchev–Trinajstić information content (AvgIpc) is 1.89. The molecule has 3 heteroatoms. The molecule has 0 saturated heterocycles. The third kappa shape index (κ3) is 8.35. The molecule has 0 radical (unpaired) electrons. The Morgan fingerprint density at radius 1 is 1.11 bits per heavy atom. The molecule has 0 aliphatic rings. The maximum absolute atomic E-state index is 5.09. The van der Waals surface area contributed by atoms with Crippen LogP contribution in [0.15, 0.2) is 0 Å². The molecule has 2 nitrogen and oxygen atoms in total. The van der Waals surface area contributed by atoms with Gasteiger partial charge in [-0.2, -0.15) is 0 Å². The highest BCUT2D eigenvalue weighted by Gasteiger charge is 1.84. The van der Waals surface area contributed by atoms with E-state index in [1.54, 1.807) is 0 Å². The summed E-state index contributed by atoms with van der Waals surface area (Å²) >= 11 is 0. The minimum absolute atomic E-state index is 0. The number of hydrogen-bond donors (Lipinski definition) is 0. The monoisotopic (exact) mass is 152 g/mol. The molecule has 0 spiro atoms. The molecule has 0 aromatic heterocycles. The lowest BCUT2D eigenvalue weighted by atomic mass is 10.5. The van der Waals surface area contributed by atoms with E-state index in [1.807, 2.05) is 0 Å². The van der Waals surface area contributed by atoms with E-state index in [9.17, 15) is 0 Å². The minimum atomic E-state index is 0. The fourth-order valence-corrected chi connectivity index (χ4v) is 0.987. The van der Waals surface area contributed by atoms with Crippen LogP contribution in [0.5, 0.6) is 0 Å². The first-order valence-corrected chi connectivity index (χ1v) is 4.22. The predicted molar refractivity (Wildman–Crippen MR) is 42.9 cm³/mol. The summed E-state index contributed by atoms with van der Waals surface area (Å²) < 4.78 is 10.2. The van der Waals surface area contributed by atoms with E-state index in [4.69, 9.17) is 9.05 Å². The molecule has 0 amide bonds. The number of rotatable bonds is 6. The van der Waals surface area contributed by atoms with Crippen molar-refractivity contribution in [3.8, 4) is 0 Å². The Kier molecular flexibility index (Phi) is 8.67. The van der Waals surface area contributed by atoms with Crippen molar-refractivity contribution in [2.45, 2.75) is 26.7 Å². The first kappa shape index (κ1) is 9.35. The molecule has 0 fully saturated rings. The Morgan fingerprint density at radius 3 is 1.89 bits per heavy atom. The van der Waals surface area contributed by atoms with Crippen LogP contribution in [-0.4, -0.2) is 13.2 Å². The van der Waals surface area contributed by atoms with Gasteiger partial charge >= 0.3 is 0 Å².